The Hall–Kier alpha value is -3.73. The molecule has 268 valence electrons. The van der Waals surface area contributed by atoms with Crippen LogP contribution in [-0.4, -0.2) is 95.6 Å². The number of nitrogens with zero attached hydrogens (tertiary/aromatic N) is 1. The molecule has 2 aromatic carbocycles. The van der Waals surface area contributed by atoms with Crippen LogP contribution in [0.15, 0.2) is 84.3 Å². The first-order valence-electron chi connectivity index (χ1n) is 16.6. The van der Waals surface area contributed by atoms with Crippen molar-refractivity contribution in [1.82, 2.24) is 4.98 Å². The molecule has 1 fully saturated rings. The van der Waals surface area contributed by atoms with Gasteiger partial charge in [0.25, 0.3) is 0 Å². The molecule has 2 aliphatic carbocycles. The summed E-state index contributed by atoms with van der Waals surface area (Å²) in [4.78, 5) is 33.7. The third kappa shape index (κ3) is 6.37. The third-order valence-corrected chi connectivity index (χ3v) is 12.4. The Morgan fingerprint density at radius 1 is 1.00 bits per heavy atom. The summed E-state index contributed by atoms with van der Waals surface area (Å²) < 4.78 is 11.9. The predicted molar refractivity (Wildman–Crippen MR) is 190 cm³/mol. The molecular formula is C37H38N2O10S2. The molecule has 51 heavy (non-hydrogen) atoms. The number of hydrogen-bond donors (Lipinski definition) is 7. The summed E-state index contributed by atoms with van der Waals surface area (Å²) in [5, 5.41) is 69.1. The van der Waals surface area contributed by atoms with Crippen molar-refractivity contribution in [3.05, 3.63) is 112 Å². The molecule has 0 amide bonds. The van der Waals surface area contributed by atoms with Gasteiger partial charge in [-0.1, -0.05) is 64.1 Å². The molecule has 12 nitrogen and oxygen atoms in total. The van der Waals surface area contributed by atoms with Crippen LogP contribution in [0.5, 0.6) is 5.75 Å². The second kappa shape index (κ2) is 14.4. The van der Waals surface area contributed by atoms with E-state index < -0.39 is 59.7 Å². The smallest absolute Gasteiger partial charge is 0.229 e. The van der Waals surface area contributed by atoms with E-state index in [0.29, 0.717) is 23.7 Å². The number of fused-ring (bicyclic) bond motifs is 4. The standard InChI is InChI=1S/C37H38N2O10S2/c40-16-22-4-1-3-21(11-22)12-23-13-25-31(43)24-5-2-6-26-30(24)33(45)36(25,28(42)14-23)18-50-51-19-39-29-15-20(8-10-38-29)7-9-37(47)32(44)27(17-41)49-35(48-26)34(37)46/h1-6,8,10-11,13-15,25,27,32,34-35,40-42,44,46-47H,7,9,12,16-19H2,(H,38,39)/t25-,27-,32-,34+,35-,36+,37+/m1/s1. The molecule has 0 unspecified atom stereocenters. The van der Waals surface area contributed by atoms with E-state index in [1.807, 2.05) is 18.2 Å². The molecule has 1 saturated heterocycles. The third-order valence-electron chi connectivity index (χ3n) is 10.2. The summed E-state index contributed by atoms with van der Waals surface area (Å²) >= 11 is 0. The van der Waals surface area contributed by atoms with Gasteiger partial charge in [0.15, 0.2) is 11.6 Å². The maximum Gasteiger partial charge on any atom is 0.229 e. The van der Waals surface area contributed by atoms with Gasteiger partial charge in [-0.15, -0.1) is 0 Å². The van der Waals surface area contributed by atoms with Gasteiger partial charge in [-0.25, -0.2) is 4.98 Å². The fraction of sp³-hybridized carbons (Fsp3) is 0.378. The quantitative estimate of drug-likeness (QED) is 0.193. The van der Waals surface area contributed by atoms with Crippen molar-refractivity contribution in [2.45, 2.75) is 56.1 Å². The van der Waals surface area contributed by atoms with Crippen LogP contribution < -0.4 is 10.1 Å². The molecule has 3 aromatic rings. The van der Waals surface area contributed by atoms with Gasteiger partial charge < -0.3 is 45.4 Å². The zero-order valence-corrected chi connectivity index (χ0v) is 29.0. The van der Waals surface area contributed by atoms with Crippen LogP contribution in [-0.2, 0) is 24.2 Å². The Labute approximate surface area is 301 Å². The lowest BCUT2D eigenvalue weighted by Gasteiger charge is -2.48. The number of rotatable bonds is 4. The van der Waals surface area contributed by atoms with Crippen LogP contribution in [0.25, 0.3) is 0 Å². The Kier molecular flexibility index (Phi) is 10.0. The minimum Gasteiger partial charge on any atom is -0.511 e. The fourth-order valence-electron chi connectivity index (χ4n) is 7.36. The number of ketones is 2. The number of aromatic nitrogens is 1. The molecule has 1 spiro atoms. The highest BCUT2D eigenvalue weighted by Crippen LogP contribution is 2.53. The number of hydrogen-bond acceptors (Lipinski definition) is 14. The molecular weight excluding hydrogens is 697 g/mol. The lowest BCUT2D eigenvalue weighted by Crippen LogP contribution is -2.68. The number of ether oxygens (including phenoxy) is 2. The van der Waals surface area contributed by atoms with Crippen molar-refractivity contribution < 1.29 is 49.7 Å². The van der Waals surface area contributed by atoms with Gasteiger partial charge >= 0.3 is 0 Å². The molecule has 7 rings (SSSR count). The number of pyridine rings is 1. The molecule has 0 radical (unpaired) electrons. The summed E-state index contributed by atoms with van der Waals surface area (Å²) in [6, 6.07) is 15.3. The van der Waals surface area contributed by atoms with Crippen LogP contribution in [0.1, 0.15) is 43.8 Å². The van der Waals surface area contributed by atoms with E-state index in [9.17, 15) is 40.2 Å². The van der Waals surface area contributed by atoms with Gasteiger partial charge in [-0.2, -0.15) is 0 Å². The van der Waals surface area contributed by atoms with Crippen LogP contribution >= 0.6 is 21.6 Å². The van der Waals surface area contributed by atoms with E-state index in [-0.39, 0.29) is 47.8 Å². The fourth-order valence-corrected chi connectivity index (χ4v) is 9.61. The van der Waals surface area contributed by atoms with E-state index in [4.69, 9.17) is 9.47 Å². The molecule has 6 bridgehead atoms. The molecule has 14 heteroatoms. The Balaban J connectivity index is 1.32. The first-order chi connectivity index (χ1) is 24.6. The van der Waals surface area contributed by atoms with Crippen molar-refractivity contribution in [3.8, 4) is 5.75 Å². The van der Waals surface area contributed by atoms with E-state index in [0.717, 1.165) is 16.7 Å². The minimum absolute atomic E-state index is 0.0169. The monoisotopic (exact) mass is 734 g/mol. The number of benzene rings is 2. The van der Waals surface area contributed by atoms with Crippen molar-refractivity contribution in [2.24, 2.45) is 11.3 Å². The van der Waals surface area contributed by atoms with Gasteiger partial charge in [0.2, 0.25) is 6.29 Å². The number of nitrogens with one attached hydrogen (secondary N) is 1. The summed E-state index contributed by atoms with van der Waals surface area (Å²) in [6.45, 7) is -0.844. The van der Waals surface area contributed by atoms with E-state index in [1.165, 1.54) is 45.9 Å². The molecule has 7 atom stereocenters. The maximum absolute atomic E-state index is 14.9. The summed E-state index contributed by atoms with van der Waals surface area (Å²) in [5.74, 6) is -1.53. The first-order valence-corrected chi connectivity index (χ1v) is 19.0. The first kappa shape index (κ1) is 35.7. The summed E-state index contributed by atoms with van der Waals surface area (Å²) in [5.41, 5.74) is -0.990. The number of Topliss-reactive ketones (excluding diaryl/α,β-unsaturated/α-hetero) is 2. The van der Waals surface area contributed by atoms with Crippen molar-refractivity contribution in [1.29, 1.82) is 0 Å². The van der Waals surface area contributed by atoms with Crippen molar-refractivity contribution in [3.63, 3.8) is 0 Å². The van der Waals surface area contributed by atoms with Crippen LogP contribution in [0.4, 0.5) is 5.82 Å². The normalized spacial score (nSPS) is 30.8. The van der Waals surface area contributed by atoms with Crippen molar-refractivity contribution >= 4 is 39.0 Å². The largest absolute Gasteiger partial charge is 0.511 e. The van der Waals surface area contributed by atoms with Crippen LogP contribution in [0.2, 0.25) is 0 Å². The van der Waals surface area contributed by atoms with Gasteiger partial charge in [-0.05, 0) is 65.8 Å². The average Bonchev–Trinajstić information content (AvgIpc) is 3.13. The lowest BCUT2D eigenvalue weighted by molar-refractivity contribution is -0.315. The van der Waals surface area contributed by atoms with Gasteiger partial charge in [0, 0.05) is 17.5 Å². The summed E-state index contributed by atoms with van der Waals surface area (Å²) in [7, 11) is 2.70. The van der Waals surface area contributed by atoms with Crippen molar-refractivity contribution in [2.75, 3.05) is 23.6 Å². The number of carbonyl (C=O) groups excluding carboxylic acids is 2. The zero-order chi connectivity index (χ0) is 35.9. The second-order valence-electron chi connectivity index (χ2n) is 13.2. The molecule has 3 heterocycles. The number of carbonyl (C=O) groups is 2. The SMILES string of the molecule is O=C1c2cccc3c2C(=O)[C@]2(CSSCNc4cc(ccn4)CC[C@]4(O)[C@H](O)[C@@H](CO)O[C@@H](O3)[C@@H]4O)C(O)=CC(Cc3cccc(CO)c3)=C[C@H]12. The van der Waals surface area contributed by atoms with Crippen LogP contribution in [0.3, 0.4) is 0 Å². The van der Waals surface area contributed by atoms with E-state index >= 15 is 0 Å². The highest BCUT2D eigenvalue weighted by Gasteiger charge is 2.59. The van der Waals surface area contributed by atoms with Gasteiger partial charge in [0.05, 0.1) is 30.6 Å². The van der Waals surface area contributed by atoms with Gasteiger partial charge in [0.1, 0.15) is 46.7 Å². The van der Waals surface area contributed by atoms with Gasteiger partial charge in [-0.3, -0.25) is 9.59 Å². The van der Waals surface area contributed by atoms with E-state index in [2.05, 4.69) is 10.3 Å². The number of aliphatic hydroxyl groups is 6. The molecule has 2 aliphatic heterocycles. The maximum atomic E-state index is 14.9. The highest BCUT2D eigenvalue weighted by atomic mass is 33.1. The minimum atomic E-state index is -2.20. The molecule has 1 aromatic heterocycles. The number of allylic oxidation sites excluding steroid dienone is 4. The number of aliphatic hydroxyl groups excluding tert-OH is 5. The number of anilines is 1. The zero-order valence-electron chi connectivity index (χ0n) is 27.3. The second-order valence-corrected chi connectivity index (χ2v) is 15.7. The summed E-state index contributed by atoms with van der Waals surface area (Å²) in [6.07, 6.45) is -1.27. The molecule has 0 saturated carbocycles. The Morgan fingerprint density at radius 2 is 1.80 bits per heavy atom. The topological polar surface area (TPSA) is 199 Å². The Bertz CT molecular complexity index is 1900. The molecule has 4 aliphatic rings. The Morgan fingerprint density at radius 3 is 2.61 bits per heavy atom. The van der Waals surface area contributed by atoms with E-state index in [1.54, 1.807) is 30.5 Å². The van der Waals surface area contributed by atoms with Crippen LogP contribution in [0, 0.1) is 11.3 Å². The molecule has 7 N–H and O–H groups in total. The average molecular weight is 735 g/mol. The predicted octanol–water partition coefficient (Wildman–Crippen LogP) is 3.13. The highest BCUT2D eigenvalue weighted by molar-refractivity contribution is 8.76. The lowest BCUT2D eigenvalue weighted by atomic mass is 9.60. The number of aryl methyl sites for hydroxylation is 1.